The highest BCUT2D eigenvalue weighted by molar-refractivity contribution is 6.19. The number of hydrogen-bond acceptors (Lipinski definition) is 3. The molecule has 1 aliphatic heterocycles. The van der Waals surface area contributed by atoms with E-state index in [0.29, 0.717) is 12.8 Å². The van der Waals surface area contributed by atoms with E-state index in [-0.39, 0.29) is 17.9 Å². The van der Waals surface area contributed by atoms with E-state index >= 15 is 0 Å². The van der Waals surface area contributed by atoms with Crippen molar-refractivity contribution in [1.29, 1.82) is 0 Å². The van der Waals surface area contributed by atoms with Crippen LogP contribution in [0.25, 0.3) is 0 Å². The molecule has 0 aromatic rings. The van der Waals surface area contributed by atoms with Gasteiger partial charge in [0, 0.05) is 6.04 Å². The molecule has 4 amide bonds. The molecule has 0 bridgehead atoms. The van der Waals surface area contributed by atoms with Crippen LogP contribution in [0.1, 0.15) is 70.6 Å². The van der Waals surface area contributed by atoms with Gasteiger partial charge in [-0.1, -0.05) is 44.9 Å². The number of nitrogens with one attached hydrogen (secondary N) is 1. The summed E-state index contributed by atoms with van der Waals surface area (Å²) in [5, 5.41) is 2.47. The van der Waals surface area contributed by atoms with Crippen LogP contribution in [0.2, 0.25) is 0 Å². The number of hydrogen-bond donors (Lipinski definition) is 1. The van der Waals surface area contributed by atoms with E-state index in [1.165, 1.54) is 11.3 Å². The Kier molecular flexibility index (Phi) is 4.00. The molecule has 1 heterocycles. The highest BCUT2D eigenvalue weighted by atomic mass is 16.2. The fraction of sp³-hybridized carbons (Fsp3) is 0.812. The molecule has 2 saturated carbocycles. The van der Waals surface area contributed by atoms with Gasteiger partial charge in [0.05, 0.1) is 0 Å². The Hall–Kier alpha value is -1.39. The highest BCUT2D eigenvalue weighted by Crippen LogP contribution is 2.40. The van der Waals surface area contributed by atoms with Gasteiger partial charge in [-0.3, -0.25) is 19.8 Å². The van der Waals surface area contributed by atoms with Crippen LogP contribution in [0.15, 0.2) is 0 Å². The summed E-state index contributed by atoms with van der Waals surface area (Å²) < 4.78 is 0. The lowest BCUT2D eigenvalue weighted by molar-refractivity contribution is -0.154. The zero-order valence-electron chi connectivity index (χ0n) is 12.5. The number of urea groups is 1. The van der Waals surface area contributed by atoms with Gasteiger partial charge in [-0.05, 0) is 25.7 Å². The molecule has 1 saturated heterocycles. The average Bonchev–Trinajstić information content (AvgIpc) is 2.74. The van der Waals surface area contributed by atoms with E-state index in [9.17, 15) is 14.4 Å². The van der Waals surface area contributed by atoms with Gasteiger partial charge in [-0.15, -0.1) is 0 Å². The Morgan fingerprint density at radius 2 is 1.43 bits per heavy atom. The van der Waals surface area contributed by atoms with Gasteiger partial charge in [-0.2, -0.15) is 0 Å². The van der Waals surface area contributed by atoms with Crippen LogP contribution in [-0.4, -0.2) is 28.8 Å². The second kappa shape index (κ2) is 5.78. The molecule has 2 aliphatic carbocycles. The van der Waals surface area contributed by atoms with Crippen LogP contribution in [0.5, 0.6) is 0 Å². The van der Waals surface area contributed by atoms with E-state index in [4.69, 9.17) is 0 Å². The number of rotatable bonds is 1. The fourth-order valence-corrected chi connectivity index (χ4v) is 4.14. The molecule has 0 atom stereocenters. The zero-order chi connectivity index (χ0) is 14.9. The van der Waals surface area contributed by atoms with Crippen LogP contribution in [-0.2, 0) is 9.59 Å². The monoisotopic (exact) mass is 292 g/mol. The van der Waals surface area contributed by atoms with E-state index in [1.54, 1.807) is 0 Å². The summed E-state index contributed by atoms with van der Waals surface area (Å²) in [7, 11) is 0. The van der Waals surface area contributed by atoms with Crippen LogP contribution in [0, 0.1) is 5.41 Å². The van der Waals surface area contributed by atoms with Crippen LogP contribution < -0.4 is 5.32 Å². The second-order valence-electron chi connectivity index (χ2n) is 6.72. The first-order chi connectivity index (χ1) is 10.1. The number of amides is 4. The standard InChI is InChI=1S/C16H24N2O3/c19-13-16(10-6-1-2-7-11-16)14(20)18(15(21)17-13)12-8-4-3-5-9-12/h12H,1-11H2,(H,17,19,21). The van der Waals surface area contributed by atoms with Crippen molar-refractivity contribution in [3.8, 4) is 0 Å². The van der Waals surface area contributed by atoms with Crippen molar-refractivity contribution in [3.63, 3.8) is 0 Å². The van der Waals surface area contributed by atoms with Crippen molar-refractivity contribution in [2.24, 2.45) is 5.41 Å². The normalized spacial score (nSPS) is 27.6. The molecule has 0 aromatic heterocycles. The molecule has 0 radical (unpaired) electrons. The number of nitrogens with zero attached hydrogens (tertiary/aromatic N) is 1. The van der Waals surface area contributed by atoms with Crippen molar-refractivity contribution >= 4 is 17.8 Å². The molecule has 3 aliphatic rings. The maximum absolute atomic E-state index is 13.0. The van der Waals surface area contributed by atoms with E-state index < -0.39 is 11.4 Å². The van der Waals surface area contributed by atoms with Gasteiger partial charge in [0.25, 0.3) is 0 Å². The summed E-state index contributed by atoms with van der Waals surface area (Å²) >= 11 is 0. The smallest absolute Gasteiger partial charge is 0.277 e. The van der Waals surface area contributed by atoms with E-state index in [1.807, 2.05) is 0 Å². The zero-order valence-corrected chi connectivity index (χ0v) is 12.5. The number of carbonyl (C=O) groups excluding carboxylic acids is 3. The maximum Gasteiger partial charge on any atom is 0.331 e. The van der Waals surface area contributed by atoms with Gasteiger partial charge >= 0.3 is 6.03 Å². The fourth-order valence-electron chi connectivity index (χ4n) is 4.14. The Morgan fingerprint density at radius 1 is 0.857 bits per heavy atom. The molecular formula is C16H24N2O3. The molecule has 5 heteroatoms. The maximum atomic E-state index is 13.0. The molecule has 21 heavy (non-hydrogen) atoms. The van der Waals surface area contributed by atoms with Crippen molar-refractivity contribution in [2.45, 2.75) is 76.7 Å². The van der Waals surface area contributed by atoms with Gasteiger partial charge in [0.15, 0.2) is 0 Å². The first kappa shape index (κ1) is 14.5. The summed E-state index contributed by atoms with van der Waals surface area (Å²) in [6.45, 7) is 0. The molecule has 116 valence electrons. The third-order valence-electron chi connectivity index (χ3n) is 5.40. The van der Waals surface area contributed by atoms with Crippen molar-refractivity contribution < 1.29 is 14.4 Å². The van der Waals surface area contributed by atoms with Crippen molar-refractivity contribution in [1.82, 2.24) is 10.2 Å². The molecule has 3 rings (SSSR count). The van der Waals surface area contributed by atoms with E-state index in [0.717, 1.165) is 51.4 Å². The van der Waals surface area contributed by atoms with Crippen LogP contribution in [0.3, 0.4) is 0 Å². The summed E-state index contributed by atoms with van der Waals surface area (Å²) in [6, 6.07) is -0.508. The van der Waals surface area contributed by atoms with E-state index in [2.05, 4.69) is 5.32 Å². The SMILES string of the molecule is O=C1NC(=O)C2(CCCCCC2)C(=O)N1C1CCCCC1. The first-order valence-corrected chi connectivity index (χ1v) is 8.34. The highest BCUT2D eigenvalue weighted by Gasteiger charge is 2.54. The second-order valence-corrected chi connectivity index (χ2v) is 6.72. The minimum Gasteiger partial charge on any atom is -0.277 e. The summed E-state index contributed by atoms with van der Waals surface area (Å²) in [5.41, 5.74) is -0.970. The Labute approximate surface area is 125 Å². The van der Waals surface area contributed by atoms with Gasteiger partial charge < -0.3 is 0 Å². The quantitative estimate of drug-likeness (QED) is 0.756. The number of carbonyl (C=O) groups is 3. The molecule has 3 fully saturated rings. The predicted octanol–water partition coefficient (Wildman–Crippen LogP) is 2.74. The average molecular weight is 292 g/mol. The van der Waals surface area contributed by atoms with Crippen molar-refractivity contribution in [3.05, 3.63) is 0 Å². The molecule has 1 spiro atoms. The van der Waals surface area contributed by atoms with Crippen LogP contribution in [0.4, 0.5) is 4.79 Å². The molecular weight excluding hydrogens is 268 g/mol. The first-order valence-electron chi connectivity index (χ1n) is 8.34. The third kappa shape index (κ3) is 2.47. The summed E-state index contributed by atoms with van der Waals surface area (Å²) in [4.78, 5) is 39.0. The van der Waals surface area contributed by atoms with Crippen LogP contribution >= 0.6 is 0 Å². The Bertz CT molecular complexity index is 446. The van der Waals surface area contributed by atoms with Gasteiger partial charge in [0.2, 0.25) is 11.8 Å². The molecule has 0 unspecified atom stereocenters. The predicted molar refractivity (Wildman–Crippen MR) is 77.4 cm³/mol. The lowest BCUT2D eigenvalue weighted by atomic mass is 9.76. The Balaban J connectivity index is 1.88. The number of barbiturate groups is 1. The molecule has 0 aromatic carbocycles. The summed E-state index contributed by atoms with van der Waals surface area (Å²) in [5.74, 6) is -0.573. The summed E-state index contributed by atoms with van der Waals surface area (Å²) in [6.07, 6.45) is 10.2. The lowest BCUT2D eigenvalue weighted by Crippen LogP contribution is -2.66. The topological polar surface area (TPSA) is 66.5 Å². The minimum absolute atomic E-state index is 0.0144. The minimum atomic E-state index is -0.970. The molecule has 5 nitrogen and oxygen atoms in total. The lowest BCUT2D eigenvalue weighted by Gasteiger charge is -2.43. The van der Waals surface area contributed by atoms with Gasteiger partial charge in [0.1, 0.15) is 5.41 Å². The van der Waals surface area contributed by atoms with Crippen molar-refractivity contribution in [2.75, 3.05) is 0 Å². The Morgan fingerprint density at radius 3 is 2.05 bits per heavy atom. The molecule has 1 N–H and O–H groups in total. The largest absolute Gasteiger partial charge is 0.331 e. The number of imide groups is 2. The third-order valence-corrected chi connectivity index (χ3v) is 5.40. The van der Waals surface area contributed by atoms with Gasteiger partial charge in [-0.25, -0.2) is 4.79 Å².